The minimum Gasteiger partial charge on any atom is -0.323 e. The largest absolute Gasteiger partial charge is 0.323 e. The lowest BCUT2D eigenvalue weighted by Gasteiger charge is -2.01. The first-order valence-corrected chi connectivity index (χ1v) is 4.47. The zero-order valence-corrected chi connectivity index (χ0v) is 7.79. The highest BCUT2D eigenvalue weighted by Crippen LogP contribution is 2.02. The van der Waals surface area contributed by atoms with Crippen molar-refractivity contribution in [3.05, 3.63) is 18.7 Å². The fourth-order valence-electron chi connectivity index (χ4n) is 0.815. The van der Waals surface area contributed by atoms with E-state index in [0.29, 0.717) is 24.4 Å². The Kier molecular flexibility index (Phi) is 4.18. The van der Waals surface area contributed by atoms with Crippen molar-refractivity contribution in [1.29, 1.82) is 0 Å². The topological polar surface area (TPSA) is 54.9 Å². The normalized spacial score (nSPS) is 9.62. The van der Waals surface area contributed by atoms with Crippen LogP contribution in [-0.2, 0) is 4.79 Å². The molecule has 1 rings (SSSR count). The molecule has 1 amide bonds. The summed E-state index contributed by atoms with van der Waals surface area (Å²) in [6, 6.07) is 0. The van der Waals surface area contributed by atoms with E-state index in [1.54, 1.807) is 12.4 Å². The first kappa shape index (κ1) is 9.92. The molecule has 0 spiro atoms. The van der Waals surface area contributed by atoms with E-state index in [0.717, 1.165) is 0 Å². The second-order valence-electron chi connectivity index (χ2n) is 2.47. The van der Waals surface area contributed by atoms with E-state index in [2.05, 4.69) is 15.3 Å². The van der Waals surface area contributed by atoms with Gasteiger partial charge >= 0.3 is 0 Å². The molecule has 13 heavy (non-hydrogen) atoms. The lowest BCUT2D eigenvalue weighted by molar-refractivity contribution is -0.116. The summed E-state index contributed by atoms with van der Waals surface area (Å²) < 4.78 is 0. The third-order valence-electron chi connectivity index (χ3n) is 1.38. The monoisotopic (exact) mass is 199 g/mol. The molecule has 0 saturated carbocycles. The zero-order valence-electron chi connectivity index (χ0n) is 7.03. The van der Waals surface area contributed by atoms with Gasteiger partial charge in [0.1, 0.15) is 6.33 Å². The first-order chi connectivity index (χ1) is 6.33. The van der Waals surface area contributed by atoms with Crippen LogP contribution in [0.15, 0.2) is 18.7 Å². The van der Waals surface area contributed by atoms with Crippen molar-refractivity contribution in [2.24, 2.45) is 0 Å². The van der Waals surface area contributed by atoms with Gasteiger partial charge in [0.2, 0.25) is 5.91 Å². The lowest BCUT2D eigenvalue weighted by atomic mass is 10.3. The summed E-state index contributed by atoms with van der Waals surface area (Å²) in [7, 11) is 0. The van der Waals surface area contributed by atoms with Crippen LogP contribution in [0.5, 0.6) is 0 Å². The van der Waals surface area contributed by atoms with Gasteiger partial charge in [0.15, 0.2) is 0 Å². The average Bonchev–Trinajstić information content (AvgIpc) is 2.16. The van der Waals surface area contributed by atoms with Crippen LogP contribution < -0.4 is 5.32 Å². The van der Waals surface area contributed by atoms with Crippen LogP contribution in [0.3, 0.4) is 0 Å². The molecule has 1 aromatic heterocycles. The van der Waals surface area contributed by atoms with E-state index in [4.69, 9.17) is 11.6 Å². The predicted molar refractivity (Wildman–Crippen MR) is 50.6 cm³/mol. The van der Waals surface area contributed by atoms with Crippen molar-refractivity contribution >= 4 is 23.2 Å². The summed E-state index contributed by atoms with van der Waals surface area (Å²) >= 11 is 5.44. The number of nitrogens with one attached hydrogen (secondary N) is 1. The summed E-state index contributed by atoms with van der Waals surface area (Å²) in [6.45, 7) is 0. The maximum absolute atomic E-state index is 11.1. The van der Waals surface area contributed by atoms with Crippen LogP contribution in [0.2, 0.25) is 0 Å². The number of hydrogen-bond donors (Lipinski definition) is 1. The van der Waals surface area contributed by atoms with Gasteiger partial charge in [-0.15, -0.1) is 11.6 Å². The van der Waals surface area contributed by atoms with E-state index in [-0.39, 0.29) is 5.91 Å². The minimum absolute atomic E-state index is 0.0598. The molecule has 4 nitrogen and oxygen atoms in total. The molecule has 0 aliphatic heterocycles. The van der Waals surface area contributed by atoms with Crippen LogP contribution in [-0.4, -0.2) is 21.8 Å². The molecule has 0 saturated heterocycles. The number of aromatic nitrogens is 2. The Balaban J connectivity index is 2.37. The second-order valence-corrected chi connectivity index (χ2v) is 2.85. The summed E-state index contributed by atoms with van der Waals surface area (Å²) in [5.41, 5.74) is 0.613. The number of alkyl halides is 1. The van der Waals surface area contributed by atoms with E-state index in [9.17, 15) is 4.79 Å². The molecule has 0 aliphatic rings. The SMILES string of the molecule is O=C(CCCCl)Nc1cncnc1. The number of nitrogens with zero attached hydrogens (tertiary/aromatic N) is 2. The van der Waals surface area contributed by atoms with Crippen molar-refractivity contribution in [3.8, 4) is 0 Å². The van der Waals surface area contributed by atoms with Gasteiger partial charge in [-0.1, -0.05) is 0 Å². The van der Waals surface area contributed by atoms with Crippen LogP contribution >= 0.6 is 11.6 Å². The molecule has 0 bridgehead atoms. The number of hydrogen-bond acceptors (Lipinski definition) is 3. The summed E-state index contributed by atoms with van der Waals surface area (Å²) in [4.78, 5) is 18.7. The maximum atomic E-state index is 11.1. The minimum atomic E-state index is -0.0598. The van der Waals surface area contributed by atoms with Gasteiger partial charge in [-0.05, 0) is 6.42 Å². The standard InChI is InChI=1S/C8H10ClN3O/c9-3-1-2-8(13)12-7-4-10-6-11-5-7/h4-6H,1-3H2,(H,12,13). The van der Waals surface area contributed by atoms with Gasteiger partial charge < -0.3 is 5.32 Å². The number of carbonyl (C=O) groups is 1. The Bertz CT molecular complexity index is 265. The van der Waals surface area contributed by atoms with Gasteiger partial charge in [-0.2, -0.15) is 0 Å². The number of halogens is 1. The average molecular weight is 200 g/mol. The van der Waals surface area contributed by atoms with Gasteiger partial charge in [0.25, 0.3) is 0 Å². The third-order valence-corrected chi connectivity index (χ3v) is 1.65. The first-order valence-electron chi connectivity index (χ1n) is 3.94. The Morgan fingerprint density at radius 3 is 2.77 bits per heavy atom. The van der Waals surface area contributed by atoms with Crippen molar-refractivity contribution in [2.75, 3.05) is 11.2 Å². The highest BCUT2D eigenvalue weighted by molar-refractivity contribution is 6.18. The van der Waals surface area contributed by atoms with E-state index in [1.807, 2.05) is 0 Å². The quantitative estimate of drug-likeness (QED) is 0.747. The third kappa shape index (κ3) is 3.85. The Labute approximate surface area is 81.3 Å². The highest BCUT2D eigenvalue weighted by atomic mass is 35.5. The number of carbonyl (C=O) groups excluding carboxylic acids is 1. The fourth-order valence-corrected chi connectivity index (χ4v) is 0.948. The molecule has 0 fully saturated rings. The van der Waals surface area contributed by atoms with Crippen LogP contribution in [0, 0.1) is 0 Å². The van der Waals surface area contributed by atoms with E-state index < -0.39 is 0 Å². The Morgan fingerprint density at radius 2 is 2.15 bits per heavy atom. The molecular formula is C8H10ClN3O. The van der Waals surface area contributed by atoms with Crippen LogP contribution in [0.25, 0.3) is 0 Å². The molecule has 0 atom stereocenters. The smallest absolute Gasteiger partial charge is 0.224 e. The number of amides is 1. The Morgan fingerprint density at radius 1 is 1.46 bits per heavy atom. The number of rotatable bonds is 4. The molecule has 70 valence electrons. The summed E-state index contributed by atoms with van der Waals surface area (Å²) in [6.07, 6.45) is 5.62. The molecule has 1 N–H and O–H groups in total. The van der Waals surface area contributed by atoms with E-state index >= 15 is 0 Å². The lowest BCUT2D eigenvalue weighted by Crippen LogP contribution is -2.11. The molecule has 0 unspecified atom stereocenters. The Hall–Kier alpha value is -1.16. The summed E-state index contributed by atoms with van der Waals surface area (Å²) in [5.74, 6) is 0.439. The van der Waals surface area contributed by atoms with Crippen LogP contribution in [0.1, 0.15) is 12.8 Å². The second kappa shape index (κ2) is 5.48. The van der Waals surface area contributed by atoms with Crippen molar-refractivity contribution in [3.63, 3.8) is 0 Å². The molecule has 0 aromatic carbocycles. The molecule has 0 radical (unpaired) electrons. The fraction of sp³-hybridized carbons (Fsp3) is 0.375. The molecule has 1 heterocycles. The van der Waals surface area contributed by atoms with Crippen molar-refractivity contribution in [2.45, 2.75) is 12.8 Å². The van der Waals surface area contributed by atoms with Gasteiger partial charge in [0, 0.05) is 12.3 Å². The summed E-state index contributed by atoms with van der Waals surface area (Å²) in [5, 5.41) is 2.65. The van der Waals surface area contributed by atoms with E-state index in [1.165, 1.54) is 6.33 Å². The molecular weight excluding hydrogens is 190 g/mol. The predicted octanol–water partition coefficient (Wildman–Crippen LogP) is 1.43. The molecule has 0 aliphatic carbocycles. The van der Waals surface area contributed by atoms with Crippen molar-refractivity contribution < 1.29 is 4.79 Å². The molecule has 1 aromatic rings. The number of anilines is 1. The van der Waals surface area contributed by atoms with Gasteiger partial charge in [0.05, 0.1) is 18.1 Å². The zero-order chi connectivity index (χ0) is 9.52. The highest BCUT2D eigenvalue weighted by Gasteiger charge is 2.00. The molecule has 5 heteroatoms. The van der Waals surface area contributed by atoms with Gasteiger partial charge in [-0.25, -0.2) is 9.97 Å². The maximum Gasteiger partial charge on any atom is 0.224 e. The van der Waals surface area contributed by atoms with Crippen LogP contribution in [0.4, 0.5) is 5.69 Å². The van der Waals surface area contributed by atoms with Crippen molar-refractivity contribution in [1.82, 2.24) is 9.97 Å². The van der Waals surface area contributed by atoms with Gasteiger partial charge in [-0.3, -0.25) is 4.79 Å².